The number of nitrogens with zero attached hydrogens (tertiary/aromatic N) is 3. The minimum atomic E-state index is -0.671. The summed E-state index contributed by atoms with van der Waals surface area (Å²) in [7, 11) is 3.01. The lowest BCUT2D eigenvalue weighted by Gasteiger charge is -2.15. The monoisotopic (exact) mass is 223 g/mol. The Hall–Kier alpha value is -1.91. The Balaban J connectivity index is 3.25. The molecule has 1 aromatic rings. The summed E-state index contributed by atoms with van der Waals surface area (Å²) < 4.78 is 10.3. The van der Waals surface area contributed by atoms with E-state index in [1.165, 1.54) is 14.2 Å². The fraction of sp³-hybridized carbons (Fsp3) is 0.400. The van der Waals surface area contributed by atoms with Gasteiger partial charge >= 0.3 is 0 Å². The average Bonchev–Trinajstić information content (AvgIpc) is 2.34. The van der Waals surface area contributed by atoms with E-state index in [9.17, 15) is 0 Å². The van der Waals surface area contributed by atoms with Gasteiger partial charge < -0.3 is 14.6 Å². The SMILES string of the molecule is COc1cccc(C(CO)N=[N+]=[N-])c1OC. The molecule has 0 fully saturated rings. The van der Waals surface area contributed by atoms with Crippen molar-refractivity contribution < 1.29 is 14.6 Å². The summed E-state index contributed by atoms with van der Waals surface area (Å²) in [6.45, 7) is -0.284. The summed E-state index contributed by atoms with van der Waals surface area (Å²) in [5.41, 5.74) is 8.99. The molecule has 86 valence electrons. The van der Waals surface area contributed by atoms with Crippen LogP contribution in [-0.2, 0) is 0 Å². The highest BCUT2D eigenvalue weighted by Crippen LogP contribution is 2.35. The van der Waals surface area contributed by atoms with Crippen molar-refractivity contribution in [2.45, 2.75) is 6.04 Å². The third kappa shape index (κ3) is 2.36. The Kier molecular flexibility index (Phi) is 4.44. The smallest absolute Gasteiger partial charge is 0.164 e. The van der Waals surface area contributed by atoms with Gasteiger partial charge in [-0.25, -0.2) is 0 Å². The molecule has 16 heavy (non-hydrogen) atoms. The Morgan fingerprint density at radius 1 is 1.44 bits per heavy atom. The average molecular weight is 223 g/mol. The highest BCUT2D eigenvalue weighted by Gasteiger charge is 2.16. The summed E-state index contributed by atoms with van der Waals surface area (Å²) in [5.74, 6) is 1.00. The van der Waals surface area contributed by atoms with Crippen molar-refractivity contribution in [1.82, 2.24) is 0 Å². The second-order valence-electron chi connectivity index (χ2n) is 2.99. The molecule has 0 spiro atoms. The van der Waals surface area contributed by atoms with Gasteiger partial charge in [0, 0.05) is 10.5 Å². The summed E-state index contributed by atoms with van der Waals surface area (Å²) >= 11 is 0. The van der Waals surface area contributed by atoms with E-state index in [1.54, 1.807) is 18.2 Å². The van der Waals surface area contributed by atoms with Gasteiger partial charge in [0.25, 0.3) is 0 Å². The second kappa shape index (κ2) is 5.85. The van der Waals surface area contributed by atoms with Gasteiger partial charge in [0.2, 0.25) is 0 Å². The maximum atomic E-state index is 9.13. The Morgan fingerprint density at radius 3 is 2.69 bits per heavy atom. The number of methoxy groups -OCH3 is 2. The first-order chi connectivity index (χ1) is 7.78. The normalized spacial score (nSPS) is 11.4. The maximum absolute atomic E-state index is 9.13. The van der Waals surface area contributed by atoms with E-state index < -0.39 is 6.04 Å². The van der Waals surface area contributed by atoms with Crippen LogP contribution in [0.1, 0.15) is 11.6 Å². The molecule has 6 heteroatoms. The fourth-order valence-corrected chi connectivity index (χ4v) is 1.43. The number of hydrogen-bond donors (Lipinski definition) is 1. The topological polar surface area (TPSA) is 87.5 Å². The zero-order valence-electron chi connectivity index (χ0n) is 9.12. The van der Waals surface area contributed by atoms with Crippen LogP contribution < -0.4 is 9.47 Å². The first-order valence-corrected chi connectivity index (χ1v) is 4.64. The fourth-order valence-electron chi connectivity index (χ4n) is 1.43. The molecule has 0 aliphatic rings. The molecule has 1 atom stereocenters. The number of rotatable bonds is 5. The Bertz CT molecular complexity index is 402. The third-order valence-electron chi connectivity index (χ3n) is 2.16. The van der Waals surface area contributed by atoms with E-state index in [2.05, 4.69) is 10.0 Å². The minimum Gasteiger partial charge on any atom is -0.493 e. The van der Waals surface area contributed by atoms with E-state index in [0.29, 0.717) is 17.1 Å². The molecule has 1 rings (SSSR count). The van der Waals surface area contributed by atoms with Gasteiger partial charge in [-0.15, -0.1) is 0 Å². The molecular formula is C10H13N3O3. The molecule has 0 amide bonds. The van der Waals surface area contributed by atoms with E-state index in [1.807, 2.05) is 0 Å². The van der Waals surface area contributed by atoms with Crippen LogP contribution in [0.2, 0.25) is 0 Å². The second-order valence-corrected chi connectivity index (χ2v) is 2.99. The van der Waals surface area contributed by atoms with Crippen LogP contribution in [0, 0.1) is 0 Å². The highest BCUT2D eigenvalue weighted by molar-refractivity contribution is 5.48. The van der Waals surface area contributed by atoms with Gasteiger partial charge in [0.15, 0.2) is 11.5 Å². The van der Waals surface area contributed by atoms with Gasteiger partial charge in [0.05, 0.1) is 26.9 Å². The summed E-state index contributed by atoms with van der Waals surface area (Å²) in [4.78, 5) is 2.68. The third-order valence-corrected chi connectivity index (χ3v) is 2.16. The predicted octanol–water partition coefficient (Wildman–Crippen LogP) is 2.05. The summed E-state index contributed by atoms with van der Waals surface area (Å²) in [5, 5.41) is 12.6. The van der Waals surface area contributed by atoms with E-state index in [-0.39, 0.29) is 6.61 Å². The standard InChI is InChI=1S/C10H13N3O3/c1-15-9-5-3-4-7(10(9)16-2)8(6-14)12-13-11/h3-5,8,14H,6H2,1-2H3. The lowest BCUT2D eigenvalue weighted by Crippen LogP contribution is -2.04. The molecule has 0 radical (unpaired) electrons. The zero-order valence-corrected chi connectivity index (χ0v) is 9.12. The quantitative estimate of drug-likeness (QED) is 0.470. The van der Waals surface area contributed by atoms with Gasteiger partial charge in [-0.05, 0) is 11.6 Å². The van der Waals surface area contributed by atoms with Gasteiger partial charge in [-0.2, -0.15) is 0 Å². The van der Waals surface area contributed by atoms with E-state index >= 15 is 0 Å². The molecule has 6 nitrogen and oxygen atoms in total. The van der Waals surface area contributed by atoms with Crippen LogP contribution in [-0.4, -0.2) is 25.9 Å². The summed E-state index contributed by atoms with van der Waals surface area (Å²) in [6, 6.07) is 4.52. The number of aliphatic hydroxyl groups excluding tert-OH is 1. The number of azide groups is 1. The van der Waals surface area contributed by atoms with Crippen molar-refractivity contribution >= 4 is 0 Å². The first kappa shape index (κ1) is 12.2. The van der Waals surface area contributed by atoms with Crippen molar-refractivity contribution in [3.63, 3.8) is 0 Å². The van der Waals surface area contributed by atoms with Crippen molar-refractivity contribution in [1.29, 1.82) is 0 Å². The van der Waals surface area contributed by atoms with Gasteiger partial charge in [-0.1, -0.05) is 17.2 Å². The first-order valence-electron chi connectivity index (χ1n) is 4.64. The van der Waals surface area contributed by atoms with E-state index in [0.717, 1.165) is 0 Å². The zero-order chi connectivity index (χ0) is 12.0. The van der Waals surface area contributed by atoms with Crippen molar-refractivity contribution in [2.75, 3.05) is 20.8 Å². The van der Waals surface area contributed by atoms with Crippen LogP contribution in [0.3, 0.4) is 0 Å². The number of aliphatic hydroxyl groups is 1. The van der Waals surface area contributed by atoms with Crippen LogP contribution in [0.4, 0.5) is 0 Å². The number of benzene rings is 1. The molecule has 0 saturated heterocycles. The largest absolute Gasteiger partial charge is 0.493 e. The van der Waals surface area contributed by atoms with E-state index in [4.69, 9.17) is 20.1 Å². The molecular weight excluding hydrogens is 210 g/mol. The van der Waals surface area contributed by atoms with Crippen LogP contribution in [0.5, 0.6) is 11.5 Å². The molecule has 0 bridgehead atoms. The maximum Gasteiger partial charge on any atom is 0.164 e. The van der Waals surface area contributed by atoms with Crippen molar-refractivity contribution in [3.05, 3.63) is 34.2 Å². The molecule has 0 saturated carbocycles. The Morgan fingerprint density at radius 2 is 2.19 bits per heavy atom. The summed E-state index contributed by atoms with van der Waals surface area (Å²) in [6.07, 6.45) is 0. The predicted molar refractivity (Wildman–Crippen MR) is 58.5 cm³/mol. The van der Waals surface area contributed by atoms with Crippen molar-refractivity contribution in [3.8, 4) is 11.5 Å². The molecule has 1 N–H and O–H groups in total. The Labute approximate surface area is 93.0 Å². The van der Waals surface area contributed by atoms with Gasteiger partial charge in [-0.3, -0.25) is 0 Å². The van der Waals surface area contributed by atoms with Gasteiger partial charge in [0.1, 0.15) is 0 Å². The molecule has 0 aliphatic heterocycles. The molecule has 1 unspecified atom stereocenters. The van der Waals surface area contributed by atoms with Crippen LogP contribution in [0.25, 0.3) is 10.4 Å². The van der Waals surface area contributed by atoms with Crippen LogP contribution >= 0.6 is 0 Å². The van der Waals surface area contributed by atoms with Crippen LogP contribution in [0.15, 0.2) is 23.3 Å². The number of para-hydroxylation sites is 1. The molecule has 0 heterocycles. The lowest BCUT2D eigenvalue weighted by atomic mass is 10.1. The number of ether oxygens (including phenoxy) is 2. The lowest BCUT2D eigenvalue weighted by molar-refractivity contribution is 0.263. The molecule has 1 aromatic carbocycles. The molecule has 0 aromatic heterocycles. The molecule has 0 aliphatic carbocycles. The minimum absolute atomic E-state index is 0.284. The highest BCUT2D eigenvalue weighted by atomic mass is 16.5. The van der Waals surface area contributed by atoms with Crippen molar-refractivity contribution in [2.24, 2.45) is 5.11 Å². The number of hydrogen-bond acceptors (Lipinski definition) is 4.